The largest absolute Gasteiger partial charge is 0.434 e. The number of aryl methyl sites for hydroxylation is 1. The van der Waals surface area contributed by atoms with E-state index in [1.165, 1.54) is 24.3 Å². The van der Waals surface area contributed by atoms with Crippen LogP contribution < -0.4 is 9.64 Å². The first-order valence-corrected chi connectivity index (χ1v) is 11.2. The summed E-state index contributed by atoms with van der Waals surface area (Å²) in [6.45, 7) is 0.947. The van der Waals surface area contributed by atoms with Crippen LogP contribution in [0.2, 0.25) is 0 Å². The number of alkyl halides is 2. The minimum Gasteiger partial charge on any atom is -0.434 e. The second-order valence-corrected chi connectivity index (χ2v) is 8.23. The van der Waals surface area contributed by atoms with Crippen LogP contribution in [0.25, 0.3) is 5.69 Å². The van der Waals surface area contributed by atoms with Gasteiger partial charge in [0.25, 0.3) is 0 Å². The summed E-state index contributed by atoms with van der Waals surface area (Å²) in [6, 6.07) is 10.4. The molecule has 0 unspecified atom stereocenters. The van der Waals surface area contributed by atoms with Gasteiger partial charge in [-0.05, 0) is 37.3 Å². The number of hydrogen-bond donors (Lipinski definition) is 0. The van der Waals surface area contributed by atoms with Gasteiger partial charge >= 0.3 is 6.61 Å². The number of carbonyl (C=O) groups is 1. The maximum atomic E-state index is 14.0. The van der Waals surface area contributed by atoms with E-state index in [4.69, 9.17) is 4.74 Å². The van der Waals surface area contributed by atoms with Crippen molar-refractivity contribution in [1.29, 1.82) is 0 Å². The van der Waals surface area contributed by atoms with E-state index < -0.39 is 18.2 Å². The quantitative estimate of drug-likeness (QED) is 0.356. The molecule has 0 aliphatic carbocycles. The Morgan fingerprint density at radius 3 is 2.70 bits per heavy atom. The molecular weight excluding hydrogens is 457 g/mol. The van der Waals surface area contributed by atoms with Gasteiger partial charge in [-0.3, -0.25) is 9.36 Å². The van der Waals surface area contributed by atoms with Crippen LogP contribution in [-0.4, -0.2) is 59.2 Å². The zero-order valence-corrected chi connectivity index (χ0v) is 18.5. The van der Waals surface area contributed by atoms with Gasteiger partial charge in [0.1, 0.15) is 11.6 Å². The summed E-state index contributed by atoms with van der Waals surface area (Å²) < 4.78 is 51.1. The highest BCUT2D eigenvalue weighted by Crippen LogP contribution is 2.30. The van der Waals surface area contributed by atoms with Gasteiger partial charge in [0.05, 0.1) is 30.2 Å². The third-order valence-corrected chi connectivity index (χ3v) is 5.89. The summed E-state index contributed by atoms with van der Waals surface area (Å²) in [6.07, 6.45) is 0. The first-order valence-electron chi connectivity index (χ1n) is 10.2. The van der Waals surface area contributed by atoms with E-state index in [2.05, 4.69) is 14.9 Å². The van der Waals surface area contributed by atoms with Crippen molar-refractivity contribution in [3.05, 3.63) is 59.4 Å². The first-order chi connectivity index (χ1) is 15.9. The molecule has 0 amide bonds. The number of halogens is 3. The Hall–Kier alpha value is -3.05. The number of morpholine rings is 1. The fraction of sp³-hybridized carbons (Fsp3) is 0.318. The van der Waals surface area contributed by atoms with Crippen molar-refractivity contribution in [3.8, 4) is 11.4 Å². The summed E-state index contributed by atoms with van der Waals surface area (Å²) in [7, 11) is 0. The summed E-state index contributed by atoms with van der Waals surface area (Å²) in [4.78, 5) is 14.9. The van der Waals surface area contributed by atoms with E-state index in [1.54, 1.807) is 29.7 Å². The van der Waals surface area contributed by atoms with Gasteiger partial charge in [0, 0.05) is 13.1 Å². The average molecular weight is 478 g/mol. The Bertz CT molecular complexity index is 1140. The molecule has 2 aromatic carbocycles. The molecule has 1 aliphatic rings. The van der Waals surface area contributed by atoms with Gasteiger partial charge in [-0.2, -0.15) is 8.78 Å². The maximum Gasteiger partial charge on any atom is 0.387 e. The zero-order valence-electron chi connectivity index (χ0n) is 17.7. The number of nitrogens with zero attached hydrogens (tertiary/aromatic N) is 4. The van der Waals surface area contributed by atoms with E-state index in [0.717, 1.165) is 17.3 Å². The zero-order chi connectivity index (χ0) is 23.4. The van der Waals surface area contributed by atoms with Gasteiger partial charge in [0.15, 0.2) is 10.9 Å². The smallest absolute Gasteiger partial charge is 0.387 e. The Morgan fingerprint density at radius 1 is 1.18 bits per heavy atom. The van der Waals surface area contributed by atoms with Crippen molar-refractivity contribution in [1.82, 2.24) is 14.8 Å². The van der Waals surface area contributed by atoms with E-state index in [9.17, 15) is 18.0 Å². The number of benzene rings is 2. The highest BCUT2D eigenvalue weighted by atomic mass is 32.2. The molecule has 0 saturated carbocycles. The molecule has 1 aromatic heterocycles. The number of ether oxygens (including phenoxy) is 2. The molecule has 11 heteroatoms. The van der Waals surface area contributed by atoms with E-state index in [-0.39, 0.29) is 17.1 Å². The number of thioether (sulfide) groups is 1. The highest BCUT2D eigenvalue weighted by Gasteiger charge is 2.23. The first kappa shape index (κ1) is 23.1. The molecule has 7 nitrogen and oxygen atoms in total. The van der Waals surface area contributed by atoms with Crippen molar-refractivity contribution in [2.45, 2.75) is 18.7 Å². The Morgan fingerprint density at radius 2 is 1.97 bits per heavy atom. The van der Waals surface area contributed by atoms with Gasteiger partial charge < -0.3 is 14.4 Å². The van der Waals surface area contributed by atoms with Crippen LogP contribution >= 0.6 is 11.8 Å². The van der Waals surface area contributed by atoms with Gasteiger partial charge in [0.2, 0.25) is 5.95 Å². The topological polar surface area (TPSA) is 69.5 Å². The SMILES string of the molecule is Cc1ccc(OC(F)F)c(C(=O)CSc2nnc(N3CCOCC3)n2-c2cccc(F)c2)c1. The Balaban J connectivity index is 1.62. The second kappa shape index (κ2) is 10.3. The normalized spacial score (nSPS) is 14.0. The third-order valence-electron chi connectivity index (χ3n) is 4.96. The lowest BCUT2D eigenvalue weighted by Gasteiger charge is -2.27. The summed E-state index contributed by atoms with van der Waals surface area (Å²) in [5.74, 6) is -0.590. The van der Waals surface area contributed by atoms with Gasteiger partial charge in [-0.1, -0.05) is 29.5 Å². The Kier molecular flexibility index (Phi) is 7.19. The molecule has 1 saturated heterocycles. The summed E-state index contributed by atoms with van der Waals surface area (Å²) >= 11 is 1.09. The number of carbonyl (C=O) groups excluding carboxylic acids is 1. The lowest BCUT2D eigenvalue weighted by atomic mass is 10.1. The van der Waals surface area contributed by atoms with Crippen LogP contribution in [-0.2, 0) is 4.74 Å². The van der Waals surface area contributed by atoms with Crippen LogP contribution in [0.3, 0.4) is 0 Å². The fourth-order valence-corrected chi connectivity index (χ4v) is 4.26. The standard InChI is InChI=1S/C22H21F3N4O3S/c1-14-5-6-19(32-20(24)25)17(11-14)18(30)13-33-22-27-26-21(28-7-9-31-10-8-28)29(22)16-4-2-3-15(23)12-16/h2-6,11-12,20H,7-10,13H2,1H3. The van der Waals surface area contributed by atoms with Crippen LogP contribution in [0.4, 0.5) is 19.1 Å². The van der Waals surface area contributed by atoms with E-state index in [1.807, 2.05) is 4.90 Å². The predicted molar refractivity (Wildman–Crippen MR) is 117 cm³/mol. The van der Waals surface area contributed by atoms with E-state index in [0.29, 0.717) is 43.1 Å². The number of hydrogen-bond acceptors (Lipinski definition) is 7. The van der Waals surface area contributed by atoms with Crippen molar-refractivity contribution < 1.29 is 27.4 Å². The fourth-order valence-electron chi connectivity index (χ4n) is 3.43. The number of aromatic nitrogens is 3. The summed E-state index contributed by atoms with van der Waals surface area (Å²) in [5.41, 5.74) is 1.31. The third kappa shape index (κ3) is 5.48. The minimum absolute atomic E-state index is 0.0630. The molecule has 2 heterocycles. The molecule has 1 fully saturated rings. The molecular formula is C22H21F3N4O3S. The van der Waals surface area contributed by atoms with Crippen molar-refractivity contribution >= 4 is 23.5 Å². The maximum absolute atomic E-state index is 14.0. The van der Waals surface area contributed by atoms with Crippen molar-refractivity contribution in [2.24, 2.45) is 0 Å². The molecule has 33 heavy (non-hydrogen) atoms. The van der Waals surface area contributed by atoms with Crippen LogP contribution in [0.1, 0.15) is 15.9 Å². The van der Waals surface area contributed by atoms with Crippen LogP contribution in [0.5, 0.6) is 5.75 Å². The molecule has 174 valence electrons. The molecule has 3 aromatic rings. The molecule has 0 N–H and O–H groups in total. The van der Waals surface area contributed by atoms with E-state index >= 15 is 0 Å². The summed E-state index contributed by atoms with van der Waals surface area (Å²) in [5, 5.41) is 8.87. The average Bonchev–Trinajstić information content (AvgIpc) is 3.23. The van der Waals surface area contributed by atoms with Gasteiger partial charge in [-0.25, -0.2) is 4.39 Å². The lowest BCUT2D eigenvalue weighted by Crippen LogP contribution is -2.37. The van der Waals surface area contributed by atoms with Crippen molar-refractivity contribution in [2.75, 3.05) is 37.0 Å². The molecule has 0 radical (unpaired) electrons. The highest BCUT2D eigenvalue weighted by molar-refractivity contribution is 7.99. The number of ketones is 1. The molecule has 4 rings (SSSR count). The van der Waals surface area contributed by atoms with Gasteiger partial charge in [-0.15, -0.1) is 10.2 Å². The molecule has 0 bridgehead atoms. The monoisotopic (exact) mass is 478 g/mol. The van der Waals surface area contributed by atoms with Crippen molar-refractivity contribution in [3.63, 3.8) is 0 Å². The minimum atomic E-state index is -3.04. The number of anilines is 1. The predicted octanol–water partition coefficient (Wildman–Crippen LogP) is 4.13. The molecule has 0 atom stereocenters. The van der Waals surface area contributed by atoms with Crippen LogP contribution in [0.15, 0.2) is 47.6 Å². The number of rotatable bonds is 8. The molecule has 1 aliphatic heterocycles. The Labute approximate surface area is 192 Å². The molecule has 0 spiro atoms. The second-order valence-electron chi connectivity index (χ2n) is 7.29. The number of Topliss-reactive ketones (excluding diaryl/α,β-unsaturated/α-hetero) is 1. The van der Waals surface area contributed by atoms with Crippen LogP contribution in [0, 0.1) is 12.7 Å². The lowest BCUT2D eigenvalue weighted by molar-refractivity contribution is -0.0501.